The maximum absolute atomic E-state index is 12.6. The molecule has 0 aliphatic heterocycles. The van der Waals surface area contributed by atoms with E-state index in [0.29, 0.717) is 11.0 Å². The molecule has 0 saturated carbocycles. The van der Waals surface area contributed by atoms with Gasteiger partial charge < -0.3 is 11.2 Å². The van der Waals surface area contributed by atoms with Gasteiger partial charge in [0.05, 0.1) is 11.8 Å². The summed E-state index contributed by atoms with van der Waals surface area (Å²) in [5.41, 5.74) is 4.46. The number of nitrogens with two attached hydrogens (primary N) is 1. The first-order chi connectivity index (χ1) is 14.4. The number of nitrogens with zero attached hydrogens (tertiary/aromatic N) is 3. The van der Waals surface area contributed by atoms with Crippen molar-refractivity contribution in [3.05, 3.63) is 65.2 Å². The van der Waals surface area contributed by atoms with E-state index in [0.717, 1.165) is 23.1 Å². The van der Waals surface area contributed by atoms with Crippen LogP contribution in [0.15, 0.2) is 53.7 Å². The summed E-state index contributed by atoms with van der Waals surface area (Å²) in [5.74, 6) is 7.18. The Balaban J connectivity index is 1.63. The van der Waals surface area contributed by atoms with Gasteiger partial charge in [0.25, 0.3) is 0 Å². The highest BCUT2D eigenvalue weighted by Crippen LogP contribution is 2.24. The lowest BCUT2D eigenvalue weighted by molar-refractivity contribution is -0.119. The third kappa shape index (κ3) is 5.21. The highest BCUT2D eigenvalue weighted by atomic mass is 32.2. The minimum absolute atomic E-state index is 0.0390. The van der Waals surface area contributed by atoms with Crippen LogP contribution in [0.1, 0.15) is 43.5 Å². The van der Waals surface area contributed by atoms with Gasteiger partial charge in [-0.25, -0.2) is 4.68 Å². The second kappa shape index (κ2) is 9.80. The first kappa shape index (κ1) is 21.9. The van der Waals surface area contributed by atoms with Crippen molar-refractivity contribution < 1.29 is 4.79 Å². The van der Waals surface area contributed by atoms with E-state index in [9.17, 15) is 4.79 Å². The van der Waals surface area contributed by atoms with Crippen LogP contribution in [0.5, 0.6) is 0 Å². The SMILES string of the molecule is CCc1ccc([C@@H](NC(=O)CSc2nnc(-c3ccc(C)cc3)n2N)C(C)C)cc1. The lowest BCUT2D eigenvalue weighted by Gasteiger charge is -2.23. The summed E-state index contributed by atoms with van der Waals surface area (Å²) in [5, 5.41) is 12.0. The molecule has 2 aromatic carbocycles. The normalized spacial score (nSPS) is 12.2. The first-order valence-corrected chi connectivity index (χ1v) is 11.2. The molecule has 0 spiro atoms. The van der Waals surface area contributed by atoms with Gasteiger partial charge in [-0.3, -0.25) is 4.79 Å². The molecular weight excluding hydrogens is 394 g/mol. The van der Waals surface area contributed by atoms with Gasteiger partial charge in [-0.05, 0) is 30.4 Å². The van der Waals surface area contributed by atoms with Crippen molar-refractivity contribution in [2.24, 2.45) is 5.92 Å². The predicted octanol–water partition coefficient (Wildman–Crippen LogP) is 4.14. The molecule has 1 amide bonds. The van der Waals surface area contributed by atoms with Crippen LogP contribution in [0.25, 0.3) is 11.4 Å². The predicted molar refractivity (Wildman–Crippen MR) is 123 cm³/mol. The monoisotopic (exact) mass is 423 g/mol. The zero-order valence-corrected chi connectivity index (χ0v) is 18.7. The standard InChI is InChI=1S/C23H29N5OS/c1-5-17-8-12-18(13-9-17)21(15(2)3)25-20(29)14-30-23-27-26-22(28(23)24)19-10-6-16(4)7-11-19/h6-13,15,21H,5,14,24H2,1-4H3,(H,25,29)/t21-/m0/s1. The number of benzene rings is 2. The van der Waals surface area contributed by atoms with Crippen LogP contribution >= 0.6 is 11.8 Å². The Morgan fingerprint density at radius 3 is 2.37 bits per heavy atom. The number of carbonyl (C=O) groups is 1. The van der Waals surface area contributed by atoms with Gasteiger partial charge in [0.1, 0.15) is 0 Å². The minimum Gasteiger partial charge on any atom is -0.348 e. The van der Waals surface area contributed by atoms with Gasteiger partial charge in [-0.1, -0.05) is 86.6 Å². The van der Waals surface area contributed by atoms with Crippen molar-refractivity contribution in [3.63, 3.8) is 0 Å². The van der Waals surface area contributed by atoms with Crippen LogP contribution in [0.3, 0.4) is 0 Å². The van der Waals surface area contributed by atoms with E-state index in [1.54, 1.807) is 0 Å². The van der Waals surface area contributed by atoms with Crippen molar-refractivity contribution >= 4 is 17.7 Å². The van der Waals surface area contributed by atoms with Crippen molar-refractivity contribution in [2.75, 3.05) is 11.6 Å². The Bertz CT molecular complexity index is 980. The van der Waals surface area contributed by atoms with E-state index in [2.05, 4.69) is 60.6 Å². The van der Waals surface area contributed by atoms with Crippen LogP contribution in [0.4, 0.5) is 0 Å². The lowest BCUT2D eigenvalue weighted by Crippen LogP contribution is -2.33. The highest BCUT2D eigenvalue weighted by molar-refractivity contribution is 7.99. The molecule has 1 atom stereocenters. The molecule has 1 heterocycles. The van der Waals surface area contributed by atoms with E-state index in [1.165, 1.54) is 22.0 Å². The van der Waals surface area contributed by atoms with Crippen molar-refractivity contribution in [3.8, 4) is 11.4 Å². The van der Waals surface area contributed by atoms with E-state index in [-0.39, 0.29) is 23.6 Å². The number of nitrogen functional groups attached to an aromatic ring is 1. The van der Waals surface area contributed by atoms with E-state index < -0.39 is 0 Å². The van der Waals surface area contributed by atoms with Gasteiger partial charge in [0, 0.05) is 5.56 Å². The molecule has 158 valence electrons. The van der Waals surface area contributed by atoms with Crippen LogP contribution in [0, 0.1) is 12.8 Å². The van der Waals surface area contributed by atoms with E-state index >= 15 is 0 Å². The summed E-state index contributed by atoms with van der Waals surface area (Å²) in [7, 11) is 0. The fourth-order valence-electron chi connectivity index (χ4n) is 3.22. The maximum Gasteiger partial charge on any atom is 0.230 e. The average molecular weight is 424 g/mol. The Kier molecular flexibility index (Phi) is 7.15. The summed E-state index contributed by atoms with van der Waals surface area (Å²) in [4.78, 5) is 12.6. The molecule has 3 N–H and O–H groups in total. The molecule has 0 saturated heterocycles. The van der Waals surface area contributed by atoms with Gasteiger partial charge in [0.2, 0.25) is 11.1 Å². The van der Waals surface area contributed by atoms with E-state index in [1.807, 2.05) is 31.2 Å². The molecular formula is C23H29N5OS. The number of aromatic nitrogens is 3. The molecule has 0 aliphatic carbocycles. The topological polar surface area (TPSA) is 85.8 Å². The van der Waals surface area contributed by atoms with Crippen LogP contribution < -0.4 is 11.2 Å². The number of hydrogen-bond donors (Lipinski definition) is 2. The second-order valence-electron chi connectivity index (χ2n) is 7.72. The summed E-state index contributed by atoms with van der Waals surface area (Å²) >= 11 is 1.28. The second-order valence-corrected chi connectivity index (χ2v) is 8.66. The Morgan fingerprint density at radius 1 is 1.10 bits per heavy atom. The molecule has 0 radical (unpaired) electrons. The third-order valence-corrected chi connectivity index (χ3v) is 5.98. The molecule has 30 heavy (non-hydrogen) atoms. The zero-order chi connectivity index (χ0) is 21.7. The number of aryl methyl sites for hydroxylation is 2. The fourth-order valence-corrected chi connectivity index (χ4v) is 3.88. The van der Waals surface area contributed by atoms with Crippen LogP contribution in [-0.4, -0.2) is 26.5 Å². The van der Waals surface area contributed by atoms with Crippen molar-refractivity contribution in [1.82, 2.24) is 20.2 Å². The van der Waals surface area contributed by atoms with Gasteiger partial charge in [-0.15, -0.1) is 10.2 Å². The van der Waals surface area contributed by atoms with Crippen molar-refractivity contribution in [2.45, 2.75) is 45.3 Å². The summed E-state index contributed by atoms with van der Waals surface area (Å²) < 4.78 is 1.44. The molecule has 0 fully saturated rings. The summed E-state index contributed by atoms with van der Waals surface area (Å²) in [6.45, 7) is 8.38. The van der Waals surface area contributed by atoms with Gasteiger partial charge in [-0.2, -0.15) is 0 Å². The van der Waals surface area contributed by atoms with Gasteiger partial charge in [0.15, 0.2) is 5.82 Å². The first-order valence-electron chi connectivity index (χ1n) is 10.2. The molecule has 1 aromatic heterocycles. The average Bonchev–Trinajstić information content (AvgIpc) is 3.11. The molecule has 7 heteroatoms. The van der Waals surface area contributed by atoms with Crippen molar-refractivity contribution in [1.29, 1.82) is 0 Å². The lowest BCUT2D eigenvalue weighted by atomic mass is 9.95. The van der Waals surface area contributed by atoms with Gasteiger partial charge >= 0.3 is 0 Å². The molecule has 0 aliphatic rings. The maximum atomic E-state index is 12.6. The molecule has 0 unspecified atom stereocenters. The summed E-state index contributed by atoms with van der Waals surface area (Å²) in [6, 6.07) is 16.3. The van der Waals surface area contributed by atoms with Crippen LogP contribution in [0.2, 0.25) is 0 Å². The quantitative estimate of drug-likeness (QED) is 0.420. The number of nitrogens with one attached hydrogen (secondary N) is 1. The largest absolute Gasteiger partial charge is 0.348 e. The fraction of sp³-hybridized carbons (Fsp3) is 0.348. The van der Waals surface area contributed by atoms with Crippen LogP contribution in [-0.2, 0) is 11.2 Å². The number of carbonyl (C=O) groups excluding carboxylic acids is 1. The molecule has 3 aromatic rings. The minimum atomic E-state index is -0.0573. The summed E-state index contributed by atoms with van der Waals surface area (Å²) in [6.07, 6.45) is 1.000. The number of rotatable bonds is 8. The molecule has 0 bridgehead atoms. The highest BCUT2D eigenvalue weighted by Gasteiger charge is 2.19. The third-order valence-electron chi connectivity index (χ3n) is 5.04. The molecule has 6 nitrogen and oxygen atoms in total. The zero-order valence-electron chi connectivity index (χ0n) is 17.9. The Hall–Kier alpha value is -2.80. The number of amides is 1. The Labute approximate surface area is 182 Å². The smallest absolute Gasteiger partial charge is 0.230 e. The number of thioether (sulfide) groups is 1. The molecule has 3 rings (SSSR count). The number of hydrogen-bond acceptors (Lipinski definition) is 5. The Morgan fingerprint density at radius 2 is 1.77 bits per heavy atom. The van der Waals surface area contributed by atoms with E-state index in [4.69, 9.17) is 5.84 Å².